The van der Waals surface area contributed by atoms with E-state index in [0.29, 0.717) is 11.6 Å². The molecule has 1 atom stereocenters. The van der Waals surface area contributed by atoms with Gasteiger partial charge in [0.1, 0.15) is 11.4 Å². The molecule has 0 aliphatic rings. The van der Waals surface area contributed by atoms with Crippen LogP contribution in [0.25, 0.3) is 0 Å². The van der Waals surface area contributed by atoms with Crippen molar-refractivity contribution in [2.75, 3.05) is 7.11 Å². The average molecular weight is 301 g/mol. The number of para-hydroxylation sites is 1. The summed E-state index contributed by atoms with van der Waals surface area (Å²) in [5.41, 5.74) is 2.33. The normalized spacial score (nSPS) is 12.2. The average Bonchev–Trinajstić information content (AvgIpc) is 2.94. The first-order valence-electron chi connectivity index (χ1n) is 7.49. The summed E-state index contributed by atoms with van der Waals surface area (Å²) in [6.07, 6.45) is 0.877. The number of carbonyl (C=O) groups excluding carboxylic acids is 1. The minimum absolute atomic E-state index is 0.158. The van der Waals surface area contributed by atoms with Crippen molar-refractivity contribution in [3.63, 3.8) is 0 Å². The van der Waals surface area contributed by atoms with Crippen molar-refractivity contribution < 1.29 is 9.53 Å². The molecule has 2 N–H and O–H groups in total. The molecule has 0 aliphatic carbocycles. The number of hydrogen-bond acceptors (Lipinski definition) is 3. The maximum Gasteiger partial charge on any atom is 0.272 e. The lowest BCUT2D eigenvalue weighted by molar-refractivity contribution is 0.0934. The van der Waals surface area contributed by atoms with Gasteiger partial charge in [0.15, 0.2) is 0 Å². The van der Waals surface area contributed by atoms with Gasteiger partial charge >= 0.3 is 0 Å². The molecule has 0 saturated carbocycles. The molecule has 5 nitrogen and oxygen atoms in total. The standard InChI is InChI=1S/C17H23N3O2/c1-11(2)9-13-10-15(20-19-13)17(21)18-12(3)14-7-5-6-8-16(14)22-4/h5-8,10-12H,9H2,1-4H3,(H,18,21)(H,19,20). The molecule has 22 heavy (non-hydrogen) atoms. The Bertz CT molecular complexity index is 634. The zero-order valence-electron chi connectivity index (χ0n) is 13.5. The predicted octanol–water partition coefficient (Wildman–Crippen LogP) is 3.11. The topological polar surface area (TPSA) is 67.0 Å². The number of hydrogen-bond donors (Lipinski definition) is 2. The minimum Gasteiger partial charge on any atom is -0.496 e. The molecule has 118 valence electrons. The predicted molar refractivity (Wildman–Crippen MR) is 86.0 cm³/mol. The molecule has 2 rings (SSSR count). The van der Waals surface area contributed by atoms with Gasteiger partial charge < -0.3 is 10.1 Å². The number of ether oxygens (including phenoxy) is 1. The second-order valence-electron chi connectivity index (χ2n) is 5.81. The lowest BCUT2D eigenvalue weighted by Gasteiger charge is -2.16. The largest absolute Gasteiger partial charge is 0.496 e. The van der Waals surface area contributed by atoms with Crippen LogP contribution in [0.5, 0.6) is 5.75 Å². The first-order chi connectivity index (χ1) is 10.5. The molecule has 5 heteroatoms. The van der Waals surface area contributed by atoms with Crippen molar-refractivity contribution in [1.82, 2.24) is 15.5 Å². The number of rotatable bonds is 6. The molecule has 0 fully saturated rings. The minimum atomic E-state index is -0.190. The third-order valence-electron chi connectivity index (χ3n) is 3.44. The number of amides is 1. The Labute approximate surface area is 131 Å². The lowest BCUT2D eigenvalue weighted by Crippen LogP contribution is -2.27. The van der Waals surface area contributed by atoms with E-state index in [-0.39, 0.29) is 11.9 Å². The molecule has 2 aromatic rings. The molecular weight excluding hydrogens is 278 g/mol. The highest BCUT2D eigenvalue weighted by atomic mass is 16.5. The van der Waals surface area contributed by atoms with Gasteiger partial charge in [0.25, 0.3) is 5.91 Å². The van der Waals surface area contributed by atoms with Crippen LogP contribution in [0.3, 0.4) is 0 Å². The molecule has 0 bridgehead atoms. The van der Waals surface area contributed by atoms with E-state index in [0.717, 1.165) is 23.4 Å². The number of benzene rings is 1. The van der Waals surface area contributed by atoms with Crippen LogP contribution in [-0.2, 0) is 6.42 Å². The number of nitrogens with zero attached hydrogens (tertiary/aromatic N) is 1. The molecule has 1 aromatic carbocycles. The van der Waals surface area contributed by atoms with E-state index in [9.17, 15) is 4.79 Å². The number of nitrogens with one attached hydrogen (secondary N) is 2. The molecule has 0 saturated heterocycles. The number of carbonyl (C=O) groups is 1. The quantitative estimate of drug-likeness (QED) is 0.861. The number of H-pyrrole nitrogens is 1. The second kappa shape index (κ2) is 7.11. The van der Waals surface area contributed by atoms with Gasteiger partial charge in [0.05, 0.1) is 13.2 Å². The van der Waals surface area contributed by atoms with Crippen LogP contribution in [0.1, 0.15) is 48.6 Å². The fourth-order valence-electron chi connectivity index (χ4n) is 2.39. The molecular formula is C17H23N3O2. The zero-order valence-corrected chi connectivity index (χ0v) is 13.5. The summed E-state index contributed by atoms with van der Waals surface area (Å²) in [4.78, 5) is 12.3. The van der Waals surface area contributed by atoms with Gasteiger partial charge in [0.2, 0.25) is 0 Å². The van der Waals surface area contributed by atoms with Crippen molar-refractivity contribution in [2.24, 2.45) is 5.92 Å². The lowest BCUT2D eigenvalue weighted by atomic mass is 10.1. The Morgan fingerprint density at radius 2 is 2.05 bits per heavy atom. The Hall–Kier alpha value is -2.30. The van der Waals surface area contributed by atoms with Crippen molar-refractivity contribution in [3.05, 3.63) is 47.3 Å². The number of methoxy groups -OCH3 is 1. The summed E-state index contributed by atoms with van der Waals surface area (Å²) >= 11 is 0. The SMILES string of the molecule is COc1ccccc1C(C)NC(=O)c1cc(CC(C)C)[nH]n1. The fraction of sp³-hybridized carbons (Fsp3) is 0.412. The molecule has 0 radical (unpaired) electrons. The molecule has 1 unspecified atom stereocenters. The van der Waals surface area contributed by atoms with E-state index in [2.05, 4.69) is 29.4 Å². The highest BCUT2D eigenvalue weighted by Crippen LogP contribution is 2.24. The van der Waals surface area contributed by atoms with E-state index >= 15 is 0 Å². The van der Waals surface area contributed by atoms with Crippen molar-refractivity contribution >= 4 is 5.91 Å². The van der Waals surface area contributed by atoms with Crippen LogP contribution < -0.4 is 10.1 Å². The van der Waals surface area contributed by atoms with Crippen LogP contribution in [-0.4, -0.2) is 23.2 Å². The Balaban J connectivity index is 2.06. The third-order valence-corrected chi connectivity index (χ3v) is 3.44. The van der Waals surface area contributed by atoms with Gasteiger partial charge in [-0.15, -0.1) is 0 Å². The van der Waals surface area contributed by atoms with Crippen molar-refractivity contribution in [3.8, 4) is 5.75 Å². The monoisotopic (exact) mass is 301 g/mol. The van der Waals surface area contributed by atoms with Gasteiger partial charge in [-0.2, -0.15) is 5.10 Å². The Morgan fingerprint density at radius 1 is 1.32 bits per heavy atom. The summed E-state index contributed by atoms with van der Waals surface area (Å²) in [6.45, 7) is 6.19. The Kier molecular flexibility index (Phi) is 5.20. The smallest absolute Gasteiger partial charge is 0.272 e. The summed E-state index contributed by atoms with van der Waals surface area (Å²) in [5.74, 6) is 1.09. The van der Waals surface area contributed by atoms with E-state index in [1.165, 1.54) is 0 Å². The summed E-state index contributed by atoms with van der Waals surface area (Å²) in [6, 6.07) is 9.31. The second-order valence-corrected chi connectivity index (χ2v) is 5.81. The van der Waals surface area contributed by atoms with E-state index in [1.54, 1.807) is 7.11 Å². The van der Waals surface area contributed by atoms with E-state index in [4.69, 9.17) is 4.74 Å². The molecule has 1 heterocycles. The highest BCUT2D eigenvalue weighted by molar-refractivity contribution is 5.92. The van der Waals surface area contributed by atoms with Crippen molar-refractivity contribution in [2.45, 2.75) is 33.2 Å². The number of aromatic amines is 1. The van der Waals surface area contributed by atoms with Crippen LogP contribution >= 0.6 is 0 Å². The maximum atomic E-state index is 12.3. The van der Waals surface area contributed by atoms with Crippen LogP contribution in [0, 0.1) is 5.92 Å². The molecule has 0 aliphatic heterocycles. The van der Waals surface area contributed by atoms with Gasteiger partial charge in [0, 0.05) is 11.3 Å². The third kappa shape index (κ3) is 3.87. The fourth-order valence-corrected chi connectivity index (χ4v) is 2.39. The summed E-state index contributed by atoms with van der Waals surface area (Å²) in [7, 11) is 1.62. The van der Waals surface area contributed by atoms with Crippen LogP contribution in [0.4, 0.5) is 0 Å². The van der Waals surface area contributed by atoms with Crippen LogP contribution in [0.15, 0.2) is 30.3 Å². The maximum absolute atomic E-state index is 12.3. The zero-order chi connectivity index (χ0) is 16.1. The summed E-state index contributed by atoms with van der Waals surface area (Å²) in [5, 5.41) is 9.96. The van der Waals surface area contributed by atoms with Crippen LogP contribution in [0.2, 0.25) is 0 Å². The molecule has 1 aromatic heterocycles. The van der Waals surface area contributed by atoms with Gasteiger partial charge in [-0.25, -0.2) is 0 Å². The number of aromatic nitrogens is 2. The summed E-state index contributed by atoms with van der Waals surface area (Å²) < 4.78 is 5.33. The van der Waals surface area contributed by atoms with E-state index in [1.807, 2.05) is 37.3 Å². The van der Waals surface area contributed by atoms with Gasteiger partial charge in [-0.3, -0.25) is 9.89 Å². The Morgan fingerprint density at radius 3 is 2.73 bits per heavy atom. The van der Waals surface area contributed by atoms with Gasteiger partial charge in [-0.05, 0) is 31.4 Å². The van der Waals surface area contributed by atoms with E-state index < -0.39 is 0 Å². The highest BCUT2D eigenvalue weighted by Gasteiger charge is 2.17. The first-order valence-corrected chi connectivity index (χ1v) is 7.49. The molecule has 0 spiro atoms. The first kappa shape index (κ1) is 16.1. The van der Waals surface area contributed by atoms with Crippen molar-refractivity contribution in [1.29, 1.82) is 0 Å². The molecule has 1 amide bonds. The van der Waals surface area contributed by atoms with Gasteiger partial charge in [-0.1, -0.05) is 32.0 Å².